The van der Waals surface area contributed by atoms with Crippen LogP contribution in [0, 0.1) is 5.92 Å². The van der Waals surface area contributed by atoms with Gasteiger partial charge in [-0.15, -0.1) is 0 Å². The number of nitrogens with one attached hydrogen (secondary N) is 1. The third-order valence-corrected chi connectivity index (χ3v) is 4.68. The quantitative estimate of drug-likeness (QED) is 0.907. The van der Waals surface area contributed by atoms with Crippen LogP contribution in [-0.2, 0) is 13.1 Å². The molecule has 0 aliphatic carbocycles. The van der Waals surface area contributed by atoms with Gasteiger partial charge in [0.2, 0.25) is 0 Å². The molecule has 0 amide bonds. The van der Waals surface area contributed by atoms with E-state index in [1.165, 1.54) is 43.3 Å². The molecule has 21 heavy (non-hydrogen) atoms. The number of fused-ring (bicyclic) bond motifs is 1. The number of nitrogens with zero attached hydrogens (tertiary/aromatic N) is 1. The van der Waals surface area contributed by atoms with Crippen LogP contribution in [0.1, 0.15) is 37.5 Å². The van der Waals surface area contributed by atoms with Crippen LogP contribution in [0.5, 0.6) is 0 Å². The Labute approximate surface area is 127 Å². The Morgan fingerprint density at radius 1 is 1.33 bits per heavy atom. The Morgan fingerprint density at radius 2 is 2.19 bits per heavy atom. The lowest BCUT2D eigenvalue weighted by Gasteiger charge is -2.31. The second-order valence-electron chi connectivity index (χ2n) is 6.18. The van der Waals surface area contributed by atoms with Crippen molar-refractivity contribution in [2.24, 2.45) is 5.92 Å². The molecule has 0 radical (unpaired) electrons. The molecule has 1 aliphatic heterocycles. The number of furan rings is 1. The van der Waals surface area contributed by atoms with Crippen LogP contribution >= 0.6 is 0 Å². The molecule has 1 fully saturated rings. The predicted octanol–water partition coefficient (Wildman–Crippen LogP) is 3.77. The summed E-state index contributed by atoms with van der Waals surface area (Å²) >= 11 is 0. The Morgan fingerprint density at radius 3 is 3.00 bits per heavy atom. The molecule has 3 rings (SSSR count). The predicted molar refractivity (Wildman–Crippen MR) is 87.3 cm³/mol. The van der Waals surface area contributed by atoms with Gasteiger partial charge in [0.1, 0.15) is 11.3 Å². The topological polar surface area (TPSA) is 28.4 Å². The van der Waals surface area contributed by atoms with Crippen LogP contribution in [0.15, 0.2) is 28.7 Å². The van der Waals surface area contributed by atoms with E-state index in [1.54, 1.807) is 0 Å². The number of benzene rings is 1. The summed E-state index contributed by atoms with van der Waals surface area (Å²) in [7, 11) is 2.00. The second kappa shape index (κ2) is 6.63. The van der Waals surface area contributed by atoms with Crippen LogP contribution in [-0.4, -0.2) is 25.0 Å². The minimum Gasteiger partial charge on any atom is -0.459 e. The van der Waals surface area contributed by atoms with Crippen molar-refractivity contribution in [1.82, 2.24) is 10.2 Å². The van der Waals surface area contributed by atoms with Crippen LogP contribution in [0.3, 0.4) is 0 Å². The van der Waals surface area contributed by atoms with Gasteiger partial charge >= 0.3 is 0 Å². The Kier molecular flexibility index (Phi) is 4.61. The maximum Gasteiger partial charge on any atom is 0.134 e. The van der Waals surface area contributed by atoms with Crippen LogP contribution in [0.25, 0.3) is 11.0 Å². The standard InChI is InChI=1S/C18H26N2O/c1-3-14-7-6-10-20(12-14)13-18-16(11-19-2)15-8-4-5-9-17(15)21-18/h4-5,8-9,14,19H,3,6-7,10-13H2,1-2H3. The van der Waals surface area contributed by atoms with E-state index >= 15 is 0 Å². The van der Waals surface area contributed by atoms with E-state index in [9.17, 15) is 0 Å². The normalized spacial score (nSPS) is 20.2. The fourth-order valence-corrected chi connectivity index (χ4v) is 3.48. The molecule has 0 spiro atoms. The lowest BCUT2D eigenvalue weighted by Crippen LogP contribution is -2.34. The highest BCUT2D eigenvalue weighted by Crippen LogP contribution is 2.28. The van der Waals surface area contributed by atoms with E-state index < -0.39 is 0 Å². The molecular formula is C18H26N2O. The monoisotopic (exact) mass is 286 g/mol. The summed E-state index contributed by atoms with van der Waals surface area (Å²) < 4.78 is 6.14. The van der Waals surface area contributed by atoms with Crippen molar-refractivity contribution in [3.05, 3.63) is 35.6 Å². The van der Waals surface area contributed by atoms with Crippen molar-refractivity contribution < 1.29 is 4.42 Å². The average molecular weight is 286 g/mol. The number of para-hydroxylation sites is 1. The molecule has 1 aliphatic rings. The summed E-state index contributed by atoms with van der Waals surface area (Å²) in [6, 6.07) is 8.38. The average Bonchev–Trinajstić information content (AvgIpc) is 2.86. The minimum absolute atomic E-state index is 0.857. The zero-order valence-corrected chi connectivity index (χ0v) is 13.2. The molecule has 1 saturated heterocycles. The van der Waals surface area contributed by atoms with E-state index in [4.69, 9.17) is 4.42 Å². The van der Waals surface area contributed by atoms with Gasteiger partial charge in [0, 0.05) is 24.0 Å². The van der Waals surface area contributed by atoms with E-state index in [0.717, 1.165) is 30.4 Å². The van der Waals surface area contributed by atoms with Crippen molar-refractivity contribution in [3.63, 3.8) is 0 Å². The van der Waals surface area contributed by atoms with Gasteiger partial charge in [0.15, 0.2) is 0 Å². The Hall–Kier alpha value is -1.32. The molecule has 0 bridgehead atoms. The number of hydrogen-bond acceptors (Lipinski definition) is 3. The lowest BCUT2D eigenvalue weighted by molar-refractivity contribution is 0.155. The van der Waals surface area contributed by atoms with Crippen LogP contribution in [0.2, 0.25) is 0 Å². The van der Waals surface area contributed by atoms with E-state index in [2.05, 4.69) is 35.3 Å². The van der Waals surface area contributed by atoms with Gasteiger partial charge in [-0.2, -0.15) is 0 Å². The summed E-state index contributed by atoms with van der Waals surface area (Å²) in [5.74, 6) is 2.00. The summed E-state index contributed by atoms with van der Waals surface area (Å²) in [4.78, 5) is 2.56. The highest BCUT2D eigenvalue weighted by molar-refractivity contribution is 5.82. The van der Waals surface area contributed by atoms with Gasteiger partial charge in [-0.05, 0) is 38.4 Å². The molecule has 3 heteroatoms. The zero-order valence-electron chi connectivity index (χ0n) is 13.2. The van der Waals surface area contributed by atoms with Crippen molar-refractivity contribution in [2.75, 3.05) is 20.1 Å². The molecule has 1 aromatic heterocycles. The van der Waals surface area contributed by atoms with E-state index in [0.29, 0.717) is 0 Å². The van der Waals surface area contributed by atoms with Gasteiger partial charge < -0.3 is 9.73 Å². The smallest absolute Gasteiger partial charge is 0.134 e. The third-order valence-electron chi connectivity index (χ3n) is 4.68. The second-order valence-corrected chi connectivity index (χ2v) is 6.18. The summed E-state index contributed by atoms with van der Waals surface area (Å²) in [5.41, 5.74) is 2.34. The molecule has 1 aromatic carbocycles. The molecule has 1 unspecified atom stereocenters. The molecule has 114 valence electrons. The van der Waals surface area contributed by atoms with Crippen molar-refractivity contribution in [1.29, 1.82) is 0 Å². The molecule has 3 nitrogen and oxygen atoms in total. The third kappa shape index (κ3) is 3.14. The SMILES string of the molecule is CCC1CCCN(Cc2oc3ccccc3c2CNC)C1. The molecule has 2 heterocycles. The molecule has 0 saturated carbocycles. The van der Waals surface area contributed by atoms with Crippen LogP contribution in [0.4, 0.5) is 0 Å². The first-order chi connectivity index (χ1) is 10.3. The van der Waals surface area contributed by atoms with Gasteiger partial charge in [0.05, 0.1) is 6.54 Å². The molecule has 1 N–H and O–H groups in total. The first kappa shape index (κ1) is 14.6. The summed E-state index contributed by atoms with van der Waals surface area (Å²) in [6.07, 6.45) is 4.00. The number of hydrogen-bond donors (Lipinski definition) is 1. The van der Waals surface area contributed by atoms with E-state index in [1.807, 2.05) is 13.1 Å². The van der Waals surface area contributed by atoms with E-state index in [-0.39, 0.29) is 0 Å². The maximum atomic E-state index is 6.14. The van der Waals surface area contributed by atoms with Crippen molar-refractivity contribution in [3.8, 4) is 0 Å². The fraction of sp³-hybridized carbons (Fsp3) is 0.556. The van der Waals surface area contributed by atoms with Gasteiger partial charge in [-0.25, -0.2) is 0 Å². The van der Waals surface area contributed by atoms with Gasteiger partial charge in [-0.1, -0.05) is 31.5 Å². The molecule has 1 atom stereocenters. The first-order valence-corrected chi connectivity index (χ1v) is 8.18. The Bertz CT molecular complexity index is 590. The van der Waals surface area contributed by atoms with Crippen molar-refractivity contribution >= 4 is 11.0 Å². The summed E-state index contributed by atoms with van der Waals surface area (Å²) in [5, 5.41) is 4.54. The highest BCUT2D eigenvalue weighted by Gasteiger charge is 2.21. The lowest BCUT2D eigenvalue weighted by atomic mass is 9.95. The molecular weight excluding hydrogens is 260 g/mol. The Balaban J connectivity index is 1.84. The van der Waals surface area contributed by atoms with Crippen LogP contribution < -0.4 is 5.32 Å². The first-order valence-electron chi connectivity index (χ1n) is 8.18. The number of likely N-dealkylation sites (tertiary alicyclic amines) is 1. The zero-order chi connectivity index (χ0) is 14.7. The van der Waals surface area contributed by atoms with Crippen molar-refractivity contribution in [2.45, 2.75) is 39.3 Å². The molecule has 2 aromatic rings. The number of rotatable bonds is 5. The maximum absolute atomic E-state index is 6.14. The van der Waals surface area contributed by atoms with Gasteiger partial charge in [0.25, 0.3) is 0 Å². The minimum atomic E-state index is 0.857. The number of piperidine rings is 1. The van der Waals surface area contributed by atoms with Gasteiger partial charge in [-0.3, -0.25) is 4.90 Å². The largest absolute Gasteiger partial charge is 0.459 e. The fourth-order valence-electron chi connectivity index (χ4n) is 3.48. The highest BCUT2D eigenvalue weighted by atomic mass is 16.3. The summed E-state index contributed by atoms with van der Waals surface area (Å²) in [6.45, 7) is 6.54.